The molecule has 2 N–H and O–H groups in total. The van der Waals surface area contributed by atoms with Crippen LogP contribution in [0.1, 0.15) is 57.8 Å². The number of hydrogen-bond donors (Lipinski definition) is 2. The fraction of sp³-hybridized carbons (Fsp3) is 0.444. The van der Waals surface area contributed by atoms with Crippen molar-refractivity contribution >= 4 is 16.9 Å². The number of nitrogens with zero attached hydrogens (tertiary/aromatic N) is 1. The average molecular weight is 417 g/mol. The maximum Gasteiger partial charge on any atom is 0.335 e. The number of aryl methyl sites for hydroxylation is 2. The lowest BCUT2D eigenvalue weighted by atomic mass is 9.76. The molecule has 5 rings (SSSR count). The van der Waals surface area contributed by atoms with E-state index in [-0.39, 0.29) is 0 Å². The van der Waals surface area contributed by atoms with Crippen LogP contribution in [0.4, 0.5) is 0 Å². The zero-order valence-electron chi connectivity index (χ0n) is 18.5. The highest BCUT2D eigenvalue weighted by Gasteiger charge is 2.34. The van der Waals surface area contributed by atoms with Crippen molar-refractivity contribution in [2.75, 3.05) is 19.6 Å². The first-order valence-electron chi connectivity index (χ1n) is 11.6. The maximum atomic E-state index is 11.3. The number of aromatic nitrogens is 1. The monoisotopic (exact) mass is 416 g/mol. The van der Waals surface area contributed by atoms with E-state index in [9.17, 15) is 9.90 Å². The Labute approximate surface area is 184 Å². The summed E-state index contributed by atoms with van der Waals surface area (Å²) in [6.07, 6.45) is 7.08. The smallest absolute Gasteiger partial charge is 0.335 e. The van der Waals surface area contributed by atoms with Crippen LogP contribution in [0.3, 0.4) is 0 Å². The van der Waals surface area contributed by atoms with Gasteiger partial charge in [0.05, 0.1) is 5.56 Å². The Bertz CT molecular complexity index is 1090. The summed E-state index contributed by atoms with van der Waals surface area (Å²) in [5, 5.41) is 10.7. The molecule has 2 fully saturated rings. The third kappa shape index (κ3) is 4.14. The summed E-state index contributed by atoms with van der Waals surface area (Å²) in [7, 11) is 0. The third-order valence-corrected chi connectivity index (χ3v) is 7.48. The van der Waals surface area contributed by atoms with Gasteiger partial charge >= 0.3 is 5.97 Å². The van der Waals surface area contributed by atoms with Gasteiger partial charge in [-0.05, 0) is 104 Å². The molecule has 2 atom stereocenters. The minimum atomic E-state index is -0.854. The molecule has 1 saturated heterocycles. The van der Waals surface area contributed by atoms with Gasteiger partial charge < -0.3 is 15.0 Å². The van der Waals surface area contributed by atoms with Crippen molar-refractivity contribution in [2.45, 2.75) is 45.4 Å². The van der Waals surface area contributed by atoms with Crippen molar-refractivity contribution in [1.29, 1.82) is 0 Å². The Hall–Kier alpha value is -2.59. The molecule has 2 aliphatic rings. The van der Waals surface area contributed by atoms with Gasteiger partial charge in [-0.3, -0.25) is 0 Å². The van der Waals surface area contributed by atoms with Crippen LogP contribution in [0, 0.1) is 25.7 Å². The number of benzene rings is 2. The first-order chi connectivity index (χ1) is 15.0. The van der Waals surface area contributed by atoms with Crippen LogP contribution < -0.4 is 0 Å². The van der Waals surface area contributed by atoms with E-state index in [4.69, 9.17) is 0 Å². The van der Waals surface area contributed by atoms with E-state index in [2.05, 4.69) is 54.2 Å². The molecule has 31 heavy (non-hydrogen) atoms. The van der Waals surface area contributed by atoms with E-state index in [1.165, 1.54) is 65.5 Å². The molecule has 0 bridgehead atoms. The standard InChI is InChI=1S/C27H32N2O2/c1-17-13-18(2)26-23(9-11-28-26)24(17)14-22-10-12-29(15-19-3-4-19)16-25(22)20-5-7-21(8-6-20)27(30)31/h5-9,11,13,19,22,25,28H,3-4,10,12,14-16H2,1-2H3,(H,30,31)/t22-,25-/m0/s1. The predicted octanol–water partition coefficient (Wildman–Crippen LogP) is 5.54. The van der Waals surface area contributed by atoms with Crippen molar-refractivity contribution in [3.63, 3.8) is 0 Å². The summed E-state index contributed by atoms with van der Waals surface area (Å²) < 4.78 is 0. The van der Waals surface area contributed by atoms with Crippen LogP contribution in [0.25, 0.3) is 10.9 Å². The minimum Gasteiger partial charge on any atom is -0.478 e. The molecule has 1 saturated carbocycles. The fourth-order valence-electron chi connectivity index (χ4n) is 5.57. The highest BCUT2D eigenvalue weighted by atomic mass is 16.4. The van der Waals surface area contributed by atoms with Crippen molar-refractivity contribution in [2.24, 2.45) is 11.8 Å². The van der Waals surface area contributed by atoms with Gasteiger partial charge in [0.2, 0.25) is 0 Å². The molecule has 4 nitrogen and oxygen atoms in total. The van der Waals surface area contributed by atoms with Gasteiger partial charge in [-0.15, -0.1) is 0 Å². The van der Waals surface area contributed by atoms with Gasteiger partial charge in [-0.1, -0.05) is 18.2 Å². The molecule has 2 aromatic carbocycles. The summed E-state index contributed by atoms with van der Waals surface area (Å²) in [6.45, 7) is 7.90. The predicted molar refractivity (Wildman–Crippen MR) is 125 cm³/mol. The topological polar surface area (TPSA) is 56.3 Å². The highest BCUT2D eigenvalue weighted by Crippen LogP contribution is 2.39. The number of rotatable bonds is 6. The van der Waals surface area contributed by atoms with Crippen molar-refractivity contribution in [1.82, 2.24) is 9.88 Å². The molecule has 0 radical (unpaired) electrons. The minimum absolute atomic E-state index is 0.370. The van der Waals surface area contributed by atoms with Gasteiger partial charge in [0.25, 0.3) is 0 Å². The quantitative estimate of drug-likeness (QED) is 0.555. The van der Waals surface area contributed by atoms with E-state index in [0.717, 1.165) is 18.9 Å². The van der Waals surface area contributed by atoms with E-state index < -0.39 is 5.97 Å². The molecule has 0 spiro atoms. The van der Waals surface area contributed by atoms with Crippen LogP contribution in [0.15, 0.2) is 42.6 Å². The summed E-state index contributed by atoms with van der Waals surface area (Å²) in [5.74, 6) is 1.04. The third-order valence-electron chi connectivity index (χ3n) is 7.48. The van der Waals surface area contributed by atoms with Crippen LogP contribution in [0.5, 0.6) is 0 Å². The summed E-state index contributed by atoms with van der Waals surface area (Å²) >= 11 is 0. The van der Waals surface area contributed by atoms with E-state index in [0.29, 0.717) is 17.4 Å². The highest BCUT2D eigenvalue weighted by molar-refractivity contribution is 5.88. The molecule has 1 aliphatic heterocycles. The van der Waals surface area contributed by atoms with Crippen molar-refractivity contribution in [3.05, 3.63) is 70.4 Å². The number of carboxylic acid groups (broad SMARTS) is 1. The molecule has 1 aromatic heterocycles. The lowest BCUT2D eigenvalue weighted by Gasteiger charge is -2.39. The zero-order chi connectivity index (χ0) is 21.5. The Balaban J connectivity index is 1.45. The first-order valence-corrected chi connectivity index (χ1v) is 11.6. The van der Waals surface area contributed by atoms with Gasteiger partial charge in [-0.2, -0.15) is 0 Å². The number of aromatic amines is 1. The molecule has 4 heteroatoms. The van der Waals surface area contributed by atoms with Gasteiger partial charge in [0.15, 0.2) is 0 Å². The lowest BCUT2D eigenvalue weighted by molar-refractivity contribution is 0.0697. The molecular formula is C27H32N2O2. The SMILES string of the molecule is Cc1cc(C)c2[nH]ccc2c1C[C@@H]1CCN(CC2CC2)C[C@H]1c1ccc(C(=O)O)cc1. The average Bonchev–Trinajstić information content (AvgIpc) is 3.43. The molecule has 162 valence electrons. The van der Waals surface area contributed by atoms with Gasteiger partial charge in [-0.25, -0.2) is 4.79 Å². The lowest BCUT2D eigenvalue weighted by Crippen LogP contribution is -2.41. The summed E-state index contributed by atoms with van der Waals surface area (Å²) in [6, 6.07) is 12.2. The Morgan fingerprint density at radius 1 is 1.10 bits per heavy atom. The second-order valence-corrected chi connectivity index (χ2v) is 9.74. The number of aromatic carboxylic acids is 1. The maximum absolute atomic E-state index is 11.3. The van der Waals surface area contributed by atoms with Crippen LogP contribution in [-0.2, 0) is 6.42 Å². The number of hydrogen-bond acceptors (Lipinski definition) is 2. The largest absolute Gasteiger partial charge is 0.478 e. The number of carboxylic acids is 1. The molecular weight excluding hydrogens is 384 g/mol. The van der Waals surface area contributed by atoms with Crippen molar-refractivity contribution < 1.29 is 9.90 Å². The van der Waals surface area contributed by atoms with E-state index >= 15 is 0 Å². The van der Waals surface area contributed by atoms with Gasteiger partial charge in [0, 0.05) is 30.2 Å². The van der Waals surface area contributed by atoms with Crippen molar-refractivity contribution in [3.8, 4) is 0 Å². The molecule has 0 amide bonds. The molecule has 1 aliphatic carbocycles. The number of nitrogens with one attached hydrogen (secondary N) is 1. The first kappa shape index (κ1) is 20.3. The van der Waals surface area contributed by atoms with Gasteiger partial charge in [0.1, 0.15) is 0 Å². The number of carbonyl (C=O) groups is 1. The number of H-pyrrole nitrogens is 1. The second-order valence-electron chi connectivity index (χ2n) is 9.74. The fourth-order valence-corrected chi connectivity index (χ4v) is 5.57. The van der Waals surface area contributed by atoms with Crippen LogP contribution >= 0.6 is 0 Å². The Kier molecular flexibility index (Phi) is 5.35. The normalized spacial score (nSPS) is 22.1. The second kappa shape index (κ2) is 8.16. The van der Waals surface area contributed by atoms with Crippen LogP contribution in [0.2, 0.25) is 0 Å². The molecule has 0 unspecified atom stereocenters. The summed E-state index contributed by atoms with van der Waals surface area (Å²) in [4.78, 5) is 17.4. The molecule has 3 aromatic rings. The number of likely N-dealkylation sites (tertiary alicyclic amines) is 1. The van der Waals surface area contributed by atoms with E-state index in [1.807, 2.05) is 0 Å². The Morgan fingerprint density at radius 3 is 2.58 bits per heavy atom. The van der Waals surface area contributed by atoms with Crippen LogP contribution in [-0.4, -0.2) is 40.6 Å². The molecule has 2 heterocycles. The number of piperidine rings is 1. The zero-order valence-corrected chi connectivity index (χ0v) is 18.5. The Morgan fingerprint density at radius 2 is 1.87 bits per heavy atom. The summed E-state index contributed by atoms with van der Waals surface area (Å²) in [5.41, 5.74) is 7.06. The van der Waals surface area contributed by atoms with E-state index in [1.54, 1.807) is 12.1 Å². The number of fused-ring (bicyclic) bond motifs is 1.